The Morgan fingerprint density at radius 2 is 1.78 bits per heavy atom. The first-order valence-electron chi connectivity index (χ1n) is 11.9. The average molecular weight is 529 g/mol. The van der Waals surface area contributed by atoms with Crippen LogP contribution in [0, 0.1) is 5.82 Å². The Labute approximate surface area is 219 Å². The van der Waals surface area contributed by atoms with Crippen LogP contribution in [-0.2, 0) is 18.4 Å². The van der Waals surface area contributed by atoms with E-state index in [0.717, 1.165) is 11.1 Å². The lowest BCUT2D eigenvalue weighted by atomic mass is 9.87. The van der Waals surface area contributed by atoms with Crippen LogP contribution in [-0.4, -0.2) is 28.9 Å². The number of nitrogens with zero attached hydrogens (tertiary/aromatic N) is 1. The number of aromatic nitrogens is 1. The second-order valence-corrected chi connectivity index (χ2v) is 10.3. The van der Waals surface area contributed by atoms with E-state index in [1.54, 1.807) is 29.3 Å². The minimum absolute atomic E-state index is 0.0253. The highest BCUT2D eigenvalue weighted by Crippen LogP contribution is 2.29. The molecule has 4 nitrogen and oxygen atoms in total. The fourth-order valence-electron chi connectivity index (χ4n) is 4.23. The first kappa shape index (κ1) is 26.6. The zero-order chi connectivity index (χ0) is 26.7. The van der Waals surface area contributed by atoms with Gasteiger partial charge in [-0.3, -0.25) is 4.79 Å². The third kappa shape index (κ3) is 6.28. The van der Waals surface area contributed by atoms with Gasteiger partial charge in [-0.15, -0.1) is 0 Å². The van der Waals surface area contributed by atoms with Crippen molar-refractivity contribution in [2.75, 3.05) is 6.54 Å². The fourth-order valence-corrected chi connectivity index (χ4v) is 4.44. The quantitative estimate of drug-likeness (QED) is 0.254. The molecule has 37 heavy (non-hydrogen) atoms. The summed E-state index contributed by atoms with van der Waals surface area (Å²) in [7, 11) is 0. The van der Waals surface area contributed by atoms with Crippen molar-refractivity contribution in [2.45, 2.75) is 45.8 Å². The number of carbonyl (C=O) groups is 1. The zero-order valence-electron chi connectivity index (χ0n) is 20.8. The number of benzene rings is 3. The third-order valence-corrected chi connectivity index (χ3v) is 6.50. The van der Waals surface area contributed by atoms with Gasteiger partial charge >= 0.3 is 6.61 Å². The van der Waals surface area contributed by atoms with E-state index in [-0.39, 0.29) is 34.8 Å². The Kier molecular flexibility index (Phi) is 7.83. The summed E-state index contributed by atoms with van der Waals surface area (Å²) in [5, 5.41) is 0.489. The summed E-state index contributed by atoms with van der Waals surface area (Å²) in [5.74, 6) is -1.27. The van der Waals surface area contributed by atoms with Crippen molar-refractivity contribution in [1.29, 1.82) is 0 Å². The van der Waals surface area contributed by atoms with Crippen LogP contribution in [0.4, 0.5) is 13.2 Å². The topological polar surface area (TPSA) is 45.3 Å². The summed E-state index contributed by atoms with van der Waals surface area (Å²) in [5.41, 5.74) is 2.94. The molecule has 194 valence electrons. The summed E-state index contributed by atoms with van der Waals surface area (Å²) >= 11 is 6.12. The summed E-state index contributed by atoms with van der Waals surface area (Å²) in [6.45, 7) is 3.86. The number of alkyl halides is 2. The molecule has 1 heterocycles. The number of aromatic amines is 1. The third-order valence-electron chi connectivity index (χ3n) is 6.23. The van der Waals surface area contributed by atoms with Crippen LogP contribution in [0.25, 0.3) is 10.9 Å². The van der Waals surface area contributed by atoms with Crippen LogP contribution in [0.5, 0.6) is 5.75 Å². The molecule has 0 saturated carbocycles. The molecule has 3 aromatic carbocycles. The molecule has 1 amide bonds. The molecular formula is C29H28ClF3N2O2. The lowest BCUT2D eigenvalue weighted by Gasteiger charge is -2.25. The van der Waals surface area contributed by atoms with Gasteiger partial charge in [-0.25, -0.2) is 4.39 Å². The molecule has 4 aromatic rings. The molecule has 0 unspecified atom stereocenters. The Balaban J connectivity index is 1.65. The van der Waals surface area contributed by atoms with Crippen LogP contribution in [0.3, 0.4) is 0 Å². The van der Waals surface area contributed by atoms with Gasteiger partial charge in [-0.1, -0.05) is 68.8 Å². The molecule has 0 saturated heterocycles. The van der Waals surface area contributed by atoms with Gasteiger partial charge in [-0.05, 0) is 52.8 Å². The van der Waals surface area contributed by atoms with Crippen LogP contribution < -0.4 is 4.74 Å². The Morgan fingerprint density at radius 3 is 2.46 bits per heavy atom. The number of halogens is 4. The maximum absolute atomic E-state index is 15.2. The van der Waals surface area contributed by atoms with Gasteiger partial charge in [0.1, 0.15) is 11.3 Å². The number of nitrogens with one attached hydrogen (secondary N) is 1. The predicted octanol–water partition coefficient (Wildman–Crippen LogP) is 7.74. The van der Waals surface area contributed by atoms with Gasteiger partial charge in [0.15, 0.2) is 5.82 Å². The largest absolute Gasteiger partial charge is 0.435 e. The molecule has 0 aliphatic carbocycles. The molecule has 0 aliphatic rings. The van der Waals surface area contributed by atoms with Crippen molar-refractivity contribution in [1.82, 2.24) is 9.88 Å². The summed E-state index contributed by atoms with van der Waals surface area (Å²) in [4.78, 5) is 18.3. The van der Waals surface area contributed by atoms with Crippen LogP contribution in [0.2, 0.25) is 5.02 Å². The molecule has 0 bridgehead atoms. The Hall–Kier alpha value is -3.45. The molecule has 0 atom stereocenters. The van der Waals surface area contributed by atoms with E-state index in [4.69, 9.17) is 11.6 Å². The van der Waals surface area contributed by atoms with Crippen molar-refractivity contribution in [3.8, 4) is 5.75 Å². The molecule has 1 N–H and O–H groups in total. The summed E-state index contributed by atoms with van der Waals surface area (Å²) in [6.07, 6.45) is 1.98. The van der Waals surface area contributed by atoms with E-state index >= 15 is 4.39 Å². The number of H-pyrrole nitrogens is 1. The normalized spacial score (nSPS) is 11.8. The van der Waals surface area contributed by atoms with Gasteiger partial charge in [0.05, 0.1) is 10.5 Å². The minimum Gasteiger partial charge on any atom is -0.435 e. The highest BCUT2D eigenvalue weighted by molar-refractivity contribution is 6.32. The number of fused-ring (bicyclic) bond motifs is 1. The second kappa shape index (κ2) is 10.9. The highest BCUT2D eigenvalue weighted by atomic mass is 35.5. The monoisotopic (exact) mass is 528 g/mol. The van der Waals surface area contributed by atoms with Gasteiger partial charge in [0, 0.05) is 24.7 Å². The first-order chi connectivity index (χ1) is 17.5. The number of hydrogen-bond donors (Lipinski definition) is 1. The van der Waals surface area contributed by atoms with E-state index in [1.165, 1.54) is 18.2 Å². The van der Waals surface area contributed by atoms with Gasteiger partial charge in [0.2, 0.25) is 0 Å². The predicted molar refractivity (Wildman–Crippen MR) is 140 cm³/mol. The van der Waals surface area contributed by atoms with E-state index < -0.39 is 18.3 Å². The van der Waals surface area contributed by atoms with Gasteiger partial charge in [-0.2, -0.15) is 8.78 Å². The molecule has 0 fully saturated rings. The van der Waals surface area contributed by atoms with E-state index in [1.807, 2.05) is 24.3 Å². The van der Waals surface area contributed by atoms with Crippen molar-refractivity contribution < 1.29 is 22.7 Å². The first-order valence-corrected chi connectivity index (χ1v) is 12.3. The van der Waals surface area contributed by atoms with Crippen molar-refractivity contribution in [3.63, 3.8) is 0 Å². The van der Waals surface area contributed by atoms with Crippen molar-refractivity contribution >= 4 is 28.4 Å². The maximum atomic E-state index is 15.2. The molecular weight excluding hydrogens is 501 g/mol. The van der Waals surface area contributed by atoms with Crippen LogP contribution in [0.15, 0.2) is 66.9 Å². The van der Waals surface area contributed by atoms with Crippen LogP contribution >= 0.6 is 11.6 Å². The van der Waals surface area contributed by atoms with E-state index in [9.17, 15) is 13.6 Å². The van der Waals surface area contributed by atoms with E-state index in [0.29, 0.717) is 22.9 Å². The van der Waals surface area contributed by atoms with Gasteiger partial charge < -0.3 is 14.6 Å². The van der Waals surface area contributed by atoms with Crippen LogP contribution in [0.1, 0.15) is 47.8 Å². The number of carbonyl (C=O) groups excluding carboxylic acids is 1. The minimum atomic E-state index is -2.93. The van der Waals surface area contributed by atoms with Crippen molar-refractivity contribution in [3.05, 3.63) is 100.0 Å². The molecule has 4 rings (SSSR count). The summed E-state index contributed by atoms with van der Waals surface area (Å²) in [6, 6.07) is 17.5. The van der Waals surface area contributed by atoms with Crippen molar-refractivity contribution in [2.24, 2.45) is 0 Å². The standard InChI is InChI=1S/C29H28ClF3N2O2/c1-29(2,3)21-9-7-19(8-10-21)17-35(14-12-18-5-4-6-22(15-18)37-28(32)33)27(36)24-25(31)23(30)16-20-11-13-34-26(20)24/h4-11,13,15-16,28,34H,12,14,17H2,1-3H3. The number of hydrogen-bond acceptors (Lipinski definition) is 2. The molecule has 0 spiro atoms. The SMILES string of the molecule is CC(C)(C)c1ccc(CN(CCc2cccc(OC(F)F)c2)C(=O)c2c(F)c(Cl)cc3cc[nH]c23)cc1. The maximum Gasteiger partial charge on any atom is 0.387 e. The lowest BCUT2D eigenvalue weighted by Crippen LogP contribution is -2.33. The number of rotatable bonds is 8. The fraction of sp³-hybridized carbons (Fsp3) is 0.276. The second-order valence-electron chi connectivity index (χ2n) is 9.94. The average Bonchev–Trinajstić information content (AvgIpc) is 3.29. The van der Waals surface area contributed by atoms with Gasteiger partial charge in [0.25, 0.3) is 5.91 Å². The number of ether oxygens (including phenoxy) is 1. The molecule has 8 heteroatoms. The molecule has 0 radical (unpaired) electrons. The Bertz CT molecular complexity index is 1390. The lowest BCUT2D eigenvalue weighted by molar-refractivity contribution is -0.0498. The number of amides is 1. The molecule has 1 aromatic heterocycles. The van der Waals surface area contributed by atoms with E-state index in [2.05, 4.69) is 30.5 Å². The zero-order valence-corrected chi connectivity index (χ0v) is 21.6. The summed E-state index contributed by atoms with van der Waals surface area (Å²) < 4.78 is 45.0. The Morgan fingerprint density at radius 1 is 1.05 bits per heavy atom. The highest BCUT2D eigenvalue weighted by Gasteiger charge is 2.25. The molecule has 0 aliphatic heterocycles. The smallest absolute Gasteiger partial charge is 0.387 e.